The van der Waals surface area contributed by atoms with Crippen molar-refractivity contribution in [3.8, 4) is 5.75 Å². The summed E-state index contributed by atoms with van der Waals surface area (Å²) in [6, 6.07) is 7.54. The molecule has 2 heterocycles. The van der Waals surface area contributed by atoms with E-state index in [-0.39, 0.29) is 17.9 Å². The monoisotopic (exact) mass is 399 g/mol. The van der Waals surface area contributed by atoms with Gasteiger partial charge in [-0.25, -0.2) is 0 Å². The molecule has 1 aliphatic heterocycles. The highest BCUT2D eigenvalue weighted by atomic mass is 16.5. The number of likely N-dealkylation sites (N-methyl/N-ethyl adjacent to an activating group) is 1. The van der Waals surface area contributed by atoms with Gasteiger partial charge < -0.3 is 15.0 Å². The Morgan fingerprint density at radius 1 is 1.24 bits per heavy atom. The van der Waals surface area contributed by atoms with Gasteiger partial charge in [0.2, 0.25) is 5.91 Å². The molecule has 1 fully saturated rings. The van der Waals surface area contributed by atoms with Gasteiger partial charge in [0, 0.05) is 31.9 Å². The lowest BCUT2D eigenvalue weighted by Crippen LogP contribution is -2.58. The number of aryl methyl sites for hydroxylation is 2. The Hall–Kier alpha value is -2.87. The standard InChI is InChI=1S/C21H29N5O3/c1-15-5-7-17(8-6-15)29-12-4-9-22-20(27)19-14-26(11-10-25(19)3)21(28)18-13-23-24-16(18)2/h5-8,13,19H,4,9-12,14H2,1-3H3,(H,22,27)(H,23,24)/t19-/m1/s1. The van der Waals surface area contributed by atoms with Gasteiger partial charge in [0.05, 0.1) is 18.4 Å². The van der Waals surface area contributed by atoms with Crippen LogP contribution in [0.2, 0.25) is 0 Å². The van der Waals surface area contributed by atoms with Gasteiger partial charge in [-0.1, -0.05) is 17.7 Å². The smallest absolute Gasteiger partial charge is 0.257 e. The van der Waals surface area contributed by atoms with E-state index in [1.165, 1.54) is 5.56 Å². The molecule has 1 aliphatic rings. The third-order valence-electron chi connectivity index (χ3n) is 5.21. The SMILES string of the molecule is Cc1ccc(OCCCNC(=O)[C@H]2CN(C(=O)c3cn[nH]c3C)CCN2C)cc1. The van der Waals surface area contributed by atoms with E-state index < -0.39 is 0 Å². The van der Waals surface area contributed by atoms with Gasteiger partial charge in [-0.05, 0) is 39.4 Å². The minimum Gasteiger partial charge on any atom is -0.494 e. The molecule has 1 saturated heterocycles. The molecular formula is C21H29N5O3. The molecule has 0 spiro atoms. The van der Waals surface area contributed by atoms with Crippen LogP contribution in [-0.4, -0.2) is 77.7 Å². The van der Waals surface area contributed by atoms with Crippen LogP contribution < -0.4 is 10.1 Å². The molecule has 1 atom stereocenters. The van der Waals surface area contributed by atoms with Crippen LogP contribution in [0.25, 0.3) is 0 Å². The maximum atomic E-state index is 12.7. The van der Waals surface area contributed by atoms with Crippen molar-refractivity contribution in [1.82, 2.24) is 25.3 Å². The molecule has 8 heteroatoms. The number of hydrogen-bond acceptors (Lipinski definition) is 5. The van der Waals surface area contributed by atoms with E-state index in [2.05, 4.69) is 15.5 Å². The van der Waals surface area contributed by atoms with Crippen molar-refractivity contribution >= 4 is 11.8 Å². The van der Waals surface area contributed by atoms with Crippen molar-refractivity contribution in [3.63, 3.8) is 0 Å². The highest BCUT2D eigenvalue weighted by Crippen LogP contribution is 2.14. The van der Waals surface area contributed by atoms with E-state index in [0.717, 1.165) is 11.4 Å². The Kier molecular flexibility index (Phi) is 6.87. The summed E-state index contributed by atoms with van der Waals surface area (Å²) in [5.41, 5.74) is 2.49. The van der Waals surface area contributed by atoms with Gasteiger partial charge >= 0.3 is 0 Å². The zero-order valence-electron chi connectivity index (χ0n) is 17.3. The van der Waals surface area contributed by atoms with Crippen LogP contribution in [0.3, 0.4) is 0 Å². The van der Waals surface area contributed by atoms with E-state index in [1.54, 1.807) is 11.1 Å². The van der Waals surface area contributed by atoms with E-state index in [9.17, 15) is 9.59 Å². The predicted molar refractivity (Wildman–Crippen MR) is 110 cm³/mol. The van der Waals surface area contributed by atoms with Crippen molar-refractivity contribution in [2.45, 2.75) is 26.3 Å². The van der Waals surface area contributed by atoms with Crippen LogP contribution >= 0.6 is 0 Å². The lowest BCUT2D eigenvalue weighted by Gasteiger charge is -2.38. The number of H-pyrrole nitrogens is 1. The molecular weight excluding hydrogens is 370 g/mol. The molecule has 0 bridgehead atoms. The molecule has 156 valence electrons. The van der Waals surface area contributed by atoms with Crippen molar-refractivity contribution < 1.29 is 14.3 Å². The largest absolute Gasteiger partial charge is 0.494 e. The van der Waals surface area contributed by atoms with Gasteiger partial charge in [0.15, 0.2) is 0 Å². The maximum Gasteiger partial charge on any atom is 0.257 e. The Morgan fingerprint density at radius 3 is 2.69 bits per heavy atom. The van der Waals surface area contributed by atoms with Crippen LogP contribution in [0.15, 0.2) is 30.5 Å². The molecule has 0 aliphatic carbocycles. The number of nitrogens with zero attached hydrogens (tertiary/aromatic N) is 3. The molecule has 0 radical (unpaired) electrons. The van der Waals surface area contributed by atoms with Crippen LogP contribution in [0, 0.1) is 13.8 Å². The molecule has 8 nitrogen and oxygen atoms in total. The minimum atomic E-state index is -0.363. The number of nitrogens with one attached hydrogen (secondary N) is 2. The van der Waals surface area contributed by atoms with E-state index in [4.69, 9.17) is 4.74 Å². The van der Waals surface area contributed by atoms with E-state index in [1.807, 2.05) is 50.1 Å². The summed E-state index contributed by atoms with van der Waals surface area (Å²) < 4.78 is 5.69. The molecule has 1 aromatic heterocycles. The fraction of sp³-hybridized carbons (Fsp3) is 0.476. The summed E-state index contributed by atoms with van der Waals surface area (Å²) in [7, 11) is 1.91. The van der Waals surface area contributed by atoms with Crippen LogP contribution in [0.5, 0.6) is 5.75 Å². The highest BCUT2D eigenvalue weighted by molar-refractivity contribution is 5.95. The molecule has 1 aromatic carbocycles. The summed E-state index contributed by atoms with van der Waals surface area (Å²) in [5.74, 6) is 0.676. The molecule has 3 rings (SSSR count). The first-order chi connectivity index (χ1) is 14.0. The second-order valence-corrected chi connectivity index (χ2v) is 7.46. The van der Waals surface area contributed by atoms with Gasteiger partial charge in [0.25, 0.3) is 5.91 Å². The predicted octanol–water partition coefficient (Wildman–Crippen LogP) is 1.37. The number of ether oxygens (including phenoxy) is 1. The van der Waals surface area contributed by atoms with Crippen molar-refractivity contribution in [3.05, 3.63) is 47.3 Å². The van der Waals surface area contributed by atoms with Crippen molar-refractivity contribution in [1.29, 1.82) is 0 Å². The minimum absolute atomic E-state index is 0.0655. The number of carbonyl (C=O) groups excluding carboxylic acids is 2. The van der Waals surface area contributed by atoms with Crippen LogP contribution in [0.1, 0.15) is 28.0 Å². The molecule has 0 unspecified atom stereocenters. The van der Waals surface area contributed by atoms with Gasteiger partial charge in [0.1, 0.15) is 11.8 Å². The zero-order chi connectivity index (χ0) is 20.8. The first-order valence-electron chi connectivity index (χ1n) is 9.92. The number of piperazine rings is 1. The summed E-state index contributed by atoms with van der Waals surface area (Å²) in [6.07, 6.45) is 2.26. The maximum absolute atomic E-state index is 12.7. The lowest BCUT2D eigenvalue weighted by atomic mass is 10.1. The topological polar surface area (TPSA) is 90.6 Å². The van der Waals surface area contributed by atoms with E-state index in [0.29, 0.717) is 44.8 Å². The normalized spacial score (nSPS) is 17.2. The van der Waals surface area contributed by atoms with Crippen LogP contribution in [-0.2, 0) is 4.79 Å². The number of hydrogen-bond donors (Lipinski definition) is 2. The van der Waals surface area contributed by atoms with Crippen molar-refractivity contribution in [2.75, 3.05) is 39.8 Å². The quantitative estimate of drug-likeness (QED) is 0.687. The number of aromatic amines is 1. The molecule has 2 N–H and O–H groups in total. The van der Waals surface area contributed by atoms with Gasteiger partial charge in [-0.2, -0.15) is 5.10 Å². The third kappa shape index (κ3) is 5.35. The Labute approximate surface area is 171 Å². The number of carbonyl (C=O) groups is 2. The average molecular weight is 399 g/mol. The summed E-state index contributed by atoms with van der Waals surface area (Å²) >= 11 is 0. The van der Waals surface area contributed by atoms with Crippen molar-refractivity contribution in [2.24, 2.45) is 0 Å². The molecule has 2 aromatic rings. The fourth-order valence-corrected chi connectivity index (χ4v) is 3.30. The summed E-state index contributed by atoms with van der Waals surface area (Å²) in [5, 5.41) is 9.67. The summed E-state index contributed by atoms with van der Waals surface area (Å²) in [4.78, 5) is 29.1. The van der Waals surface area contributed by atoms with Crippen LogP contribution in [0.4, 0.5) is 0 Å². The Balaban J connectivity index is 1.44. The number of benzene rings is 1. The number of rotatable bonds is 7. The highest BCUT2D eigenvalue weighted by Gasteiger charge is 2.33. The van der Waals surface area contributed by atoms with Gasteiger partial charge in [-0.3, -0.25) is 19.6 Å². The molecule has 0 saturated carbocycles. The second-order valence-electron chi connectivity index (χ2n) is 7.46. The molecule has 29 heavy (non-hydrogen) atoms. The fourth-order valence-electron chi connectivity index (χ4n) is 3.30. The number of amides is 2. The first-order valence-corrected chi connectivity index (χ1v) is 9.92. The average Bonchev–Trinajstić information content (AvgIpc) is 3.14. The third-order valence-corrected chi connectivity index (χ3v) is 5.21. The van der Waals surface area contributed by atoms with E-state index >= 15 is 0 Å². The lowest BCUT2D eigenvalue weighted by molar-refractivity contribution is -0.127. The Bertz CT molecular complexity index is 833. The number of aromatic nitrogens is 2. The van der Waals surface area contributed by atoms with Gasteiger partial charge in [-0.15, -0.1) is 0 Å². The zero-order valence-corrected chi connectivity index (χ0v) is 17.3. The second kappa shape index (κ2) is 9.56. The summed E-state index contributed by atoms with van der Waals surface area (Å²) in [6.45, 7) is 6.53. The Morgan fingerprint density at radius 2 is 2.00 bits per heavy atom. The molecule has 2 amide bonds. The first kappa shape index (κ1) is 20.9.